The molecule has 3 rings (SSSR count). The molecule has 0 aliphatic carbocycles. The maximum atomic E-state index is 11.8. The Kier molecular flexibility index (Phi) is 3.46. The zero-order chi connectivity index (χ0) is 13.8. The largest absolute Gasteiger partial charge is 0.464 e. The van der Waals surface area contributed by atoms with E-state index < -0.39 is 0 Å². The van der Waals surface area contributed by atoms with Crippen LogP contribution in [0.25, 0.3) is 11.0 Å². The van der Waals surface area contributed by atoms with Crippen molar-refractivity contribution in [3.8, 4) is 0 Å². The molecule has 4 nitrogen and oxygen atoms in total. The summed E-state index contributed by atoms with van der Waals surface area (Å²) < 4.78 is 5.47. The minimum atomic E-state index is -0.154. The maximum Gasteiger partial charge on any atom is 0.269 e. The van der Waals surface area contributed by atoms with Crippen molar-refractivity contribution in [2.75, 3.05) is 6.54 Å². The first-order valence-electron chi connectivity index (χ1n) is 6.49. The van der Waals surface area contributed by atoms with Crippen LogP contribution in [0.15, 0.2) is 59.3 Å². The van der Waals surface area contributed by atoms with Crippen LogP contribution in [0.5, 0.6) is 0 Å². The molecule has 0 radical (unpaired) electrons. The second-order valence-electron chi connectivity index (χ2n) is 4.48. The Balaban J connectivity index is 1.62. The van der Waals surface area contributed by atoms with Gasteiger partial charge in [-0.1, -0.05) is 24.3 Å². The van der Waals surface area contributed by atoms with Gasteiger partial charge in [0.25, 0.3) is 5.91 Å². The van der Waals surface area contributed by atoms with Gasteiger partial charge in [-0.2, -0.15) is 0 Å². The summed E-state index contributed by atoms with van der Waals surface area (Å²) in [7, 11) is 0. The van der Waals surface area contributed by atoms with Crippen LogP contribution in [-0.2, 0) is 6.42 Å². The number of para-hydroxylation sites is 1. The first-order valence-corrected chi connectivity index (χ1v) is 6.49. The third-order valence-electron chi connectivity index (χ3n) is 3.14. The lowest BCUT2D eigenvalue weighted by Gasteiger charge is -2.03. The number of nitrogens with zero attached hydrogens (tertiary/aromatic N) is 1. The summed E-state index contributed by atoms with van der Waals surface area (Å²) in [5.74, 6) is -0.154. The van der Waals surface area contributed by atoms with Crippen LogP contribution in [0.2, 0.25) is 0 Å². The van der Waals surface area contributed by atoms with Crippen LogP contribution in [-0.4, -0.2) is 17.4 Å². The van der Waals surface area contributed by atoms with Gasteiger partial charge in [0, 0.05) is 18.1 Å². The fourth-order valence-corrected chi connectivity index (χ4v) is 2.12. The maximum absolute atomic E-state index is 11.8. The Labute approximate surface area is 116 Å². The van der Waals surface area contributed by atoms with Crippen LogP contribution in [0.3, 0.4) is 0 Å². The van der Waals surface area contributed by atoms with Crippen molar-refractivity contribution in [2.45, 2.75) is 6.42 Å². The fourth-order valence-electron chi connectivity index (χ4n) is 2.12. The number of nitrogens with one attached hydrogen (secondary N) is 1. The Bertz CT molecular complexity index is 719. The van der Waals surface area contributed by atoms with Crippen molar-refractivity contribution in [1.29, 1.82) is 0 Å². The molecule has 3 aromatic rings. The number of furan rings is 1. The van der Waals surface area contributed by atoms with E-state index >= 15 is 0 Å². The minimum absolute atomic E-state index is 0.154. The molecule has 1 N–H and O–H groups in total. The summed E-state index contributed by atoms with van der Waals surface area (Å²) in [6.45, 7) is 0.554. The van der Waals surface area contributed by atoms with Gasteiger partial charge in [0.15, 0.2) is 0 Å². The zero-order valence-corrected chi connectivity index (χ0v) is 10.9. The zero-order valence-electron chi connectivity index (χ0n) is 10.9. The minimum Gasteiger partial charge on any atom is -0.464 e. The summed E-state index contributed by atoms with van der Waals surface area (Å²) >= 11 is 0. The SMILES string of the molecule is O=C(NCCc1coc2ccccc12)c1ccccn1. The molecule has 1 aromatic carbocycles. The van der Waals surface area contributed by atoms with Gasteiger partial charge in [-0.25, -0.2) is 0 Å². The molecule has 0 unspecified atom stereocenters. The van der Waals surface area contributed by atoms with Gasteiger partial charge in [-0.15, -0.1) is 0 Å². The van der Waals surface area contributed by atoms with Crippen molar-refractivity contribution in [3.05, 3.63) is 66.2 Å². The van der Waals surface area contributed by atoms with Crippen molar-refractivity contribution >= 4 is 16.9 Å². The first-order chi connectivity index (χ1) is 9.84. The number of fused-ring (bicyclic) bond motifs is 1. The highest BCUT2D eigenvalue weighted by molar-refractivity contribution is 5.92. The predicted octanol–water partition coefficient (Wildman–Crippen LogP) is 2.80. The summed E-state index contributed by atoms with van der Waals surface area (Å²) in [6.07, 6.45) is 4.09. The van der Waals surface area contributed by atoms with E-state index in [1.807, 2.05) is 24.3 Å². The van der Waals surface area contributed by atoms with Crippen LogP contribution in [0.1, 0.15) is 16.1 Å². The van der Waals surface area contributed by atoms with E-state index in [0.717, 1.165) is 23.0 Å². The fraction of sp³-hybridized carbons (Fsp3) is 0.125. The van der Waals surface area contributed by atoms with Gasteiger partial charge in [0.05, 0.1) is 6.26 Å². The van der Waals surface area contributed by atoms with E-state index in [-0.39, 0.29) is 5.91 Å². The third-order valence-corrected chi connectivity index (χ3v) is 3.14. The highest BCUT2D eigenvalue weighted by Gasteiger charge is 2.07. The standard InChI is InChI=1S/C16H14N2O2/c19-16(14-6-3-4-9-17-14)18-10-8-12-11-20-15-7-2-1-5-13(12)15/h1-7,9,11H,8,10H2,(H,18,19). The Hall–Kier alpha value is -2.62. The molecule has 0 aliphatic heterocycles. The molecule has 20 heavy (non-hydrogen) atoms. The quantitative estimate of drug-likeness (QED) is 0.790. The topological polar surface area (TPSA) is 55.1 Å². The number of amides is 1. The average molecular weight is 266 g/mol. The van der Waals surface area contributed by atoms with Crippen molar-refractivity contribution in [1.82, 2.24) is 10.3 Å². The monoisotopic (exact) mass is 266 g/mol. The Morgan fingerprint density at radius 3 is 2.85 bits per heavy atom. The van der Waals surface area contributed by atoms with Crippen LogP contribution >= 0.6 is 0 Å². The molecule has 2 aromatic heterocycles. The van der Waals surface area contributed by atoms with Gasteiger partial charge in [0.1, 0.15) is 11.3 Å². The van der Waals surface area contributed by atoms with Crippen LogP contribution in [0, 0.1) is 0 Å². The lowest BCUT2D eigenvalue weighted by Crippen LogP contribution is -2.26. The van der Waals surface area contributed by atoms with Crippen molar-refractivity contribution in [3.63, 3.8) is 0 Å². The second kappa shape index (κ2) is 5.57. The Morgan fingerprint density at radius 1 is 1.15 bits per heavy atom. The smallest absolute Gasteiger partial charge is 0.269 e. The molecule has 0 saturated carbocycles. The van der Waals surface area contributed by atoms with Gasteiger partial charge in [-0.3, -0.25) is 9.78 Å². The number of aromatic nitrogens is 1. The van der Waals surface area contributed by atoms with E-state index in [4.69, 9.17) is 4.42 Å². The lowest BCUT2D eigenvalue weighted by atomic mass is 10.1. The van der Waals surface area contributed by atoms with Crippen molar-refractivity contribution < 1.29 is 9.21 Å². The molecular weight excluding hydrogens is 252 g/mol. The van der Waals surface area contributed by atoms with Crippen LogP contribution in [0.4, 0.5) is 0 Å². The number of carbonyl (C=O) groups is 1. The van der Waals surface area contributed by atoms with E-state index in [0.29, 0.717) is 12.2 Å². The van der Waals surface area contributed by atoms with Gasteiger partial charge >= 0.3 is 0 Å². The number of carbonyl (C=O) groups excluding carboxylic acids is 1. The number of hydrogen-bond donors (Lipinski definition) is 1. The molecule has 0 aliphatic rings. The molecule has 4 heteroatoms. The third kappa shape index (κ3) is 2.54. The molecule has 2 heterocycles. The van der Waals surface area contributed by atoms with E-state index in [1.165, 1.54) is 0 Å². The van der Waals surface area contributed by atoms with E-state index in [9.17, 15) is 4.79 Å². The normalized spacial score (nSPS) is 10.6. The molecule has 0 fully saturated rings. The number of rotatable bonds is 4. The number of benzene rings is 1. The molecule has 1 amide bonds. The lowest BCUT2D eigenvalue weighted by molar-refractivity contribution is 0.0949. The average Bonchev–Trinajstić information content (AvgIpc) is 2.92. The highest BCUT2D eigenvalue weighted by atomic mass is 16.3. The number of pyridine rings is 1. The van der Waals surface area contributed by atoms with Crippen LogP contribution < -0.4 is 5.32 Å². The van der Waals surface area contributed by atoms with E-state index in [1.54, 1.807) is 30.7 Å². The summed E-state index contributed by atoms with van der Waals surface area (Å²) in [5, 5.41) is 3.96. The Morgan fingerprint density at radius 2 is 2.00 bits per heavy atom. The molecule has 0 spiro atoms. The second-order valence-corrected chi connectivity index (χ2v) is 4.48. The van der Waals surface area contributed by atoms with Crippen molar-refractivity contribution in [2.24, 2.45) is 0 Å². The van der Waals surface area contributed by atoms with E-state index in [2.05, 4.69) is 10.3 Å². The molecule has 0 atom stereocenters. The number of hydrogen-bond acceptors (Lipinski definition) is 3. The summed E-state index contributed by atoms with van der Waals surface area (Å²) in [6, 6.07) is 13.2. The summed E-state index contributed by atoms with van der Waals surface area (Å²) in [4.78, 5) is 15.9. The summed E-state index contributed by atoms with van der Waals surface area (Å²) in [5.41, 5.74) is 2.41. The first kappa shape index (κ1) is 12.4. The van der Waals surface area contributed by atoms with Gasteiger partial charge in [-0.05, 0) is 30.2 Å². The molecule has 100 valence electrons. The molecular formula is C16H14N2O2. The molecule has 0 bridgehead atoms. The molecule has 0 saturated heterocycles. The van der Waals surface area contributed by atoms with Gasteiger partial charge < -0.3 is 9.73 Å². The predicted molar refractivity (Wildman–Crippen MR) is 76.5 cm³/mol. The van der Waals surface area contributed by atoms with Gasteiger partial charge in [0.2, 0.25) is 0 Å². The highest BCUT2D eigenvalue weighted by Crippen LogP contribution is 2.20.